The number of aryl methyl sites for hydroxylation is 1. The number of rotatable bonds is 6. The Labute approximate surface area is 132 Å². The molecule has 0 heterocycles. The van der Waals surface area contributed by atoms with E-state index in [2.05, 4.69) is 24.4 Å². The van der Waals surface area contributed by atoms with Crippen LogP contribution in [-0.4, -0.2) is 17.1 Å². The van der Waals surface area contributed by atoms with E-state index in [-0.39, 0.29) is 18.4 Å². The molecule has 0 bridgehead atoms. The second kappa shape index (κ2) is 7.76. The first-order valence-electron chi connectivity index (χ1n) is 7.63. The minimum absolute atomic E-state index is 0.0385. The van der Waals surface area contributed by atoms with Crippen molar-refractivity contribution in [2.75, 3.05) is 0 Å². The number of aliphatic hydroxyl groups excluding tert-OH is 1. The van der Waals surface area contributed by atoms with Gasteiger partial charge in [-0.2, -0.15) is 0 Å². The normalized spacial score (nSPS) is 13.4. The van der Waals surface area contributed by atoms with Crippen molar-refractivity contribution in [1.82, 2.24) is 5.32 Å². The highest BCUT2D eigenvalue weighted by Gasteiger charge is 2.15. The lowest BCUT2D eigenvalue weighted by Gasteiger charge is -2.17. The molecule has 0 saturated heterocycles. The van der Waals surface area contributed by atoms with Gasteiger partial charge in [-0.15, -0.1) is 0 Å². The van der Waals surface area contributed by atoms with Gasteiger partial charge in [0.1, 0.15) is 0 Å². The quantitative estimate of drug-likeness (QED) is 0.860. The van der Waals surface area contributed by atoms with E-state index >= 15 is 0 Å². The first kappa shape index (κ1) is 16.2. The van der Waals surface area contributed by atoms with E-state index in [1.54, 1.807) is 0 Å². The summed E-state index contributed by atoms with van der Waals surface area (Å²) in [6, 6.07) is 17.5. The summed E-state index contributed by atoms with van der Waals surface area (Å²) in [6.07, 6.45) is 0.119. The highest BCUT2D eigenvalue weighted by atomic mass is 16.3. The van der Waals surface area contributed by atoms with Crippen LogP contribution >= 0.6 is 0 Å². The van der Waals surface area contributed by atoms with Crippen LogP contribution < -0.4 is 5.32 Å². The predicted molar refractivity (Wildman–Crippen MR) is 88.5 cm³/mol. The maximum atomic E-state index is 12.0. The summed E-state index contributed by atoms with van der Waals surface area (Å²) in [5.41, 5.74) is 3.23. The number of hydrogen-bond donors (Lipinski definition) is 2. The van der Waals surface area contributed by atoms with E-state index in [1.807, 2.05) is 49.4 Å². The molecule has 2 rings (SSSR count). The minimum Gasteiger partial charge on any atom is -0.388 e. The third-order valence-corrected chi connectivity index (χ3v) is 3.76. The molecular formula is C19H23NO2. The Morgan fingerprint density at radius 2 is 1.73 bits per heavy atom. The van der Waals surface area contributed by atoms with E-state index in [0.717, 1.165) is 12.0 Å². The summed E-state index contributed by atoms with van der Waals surface area (Å²) in [7, 11) is 0. The highest BCUT2D eigenvalue weighted by Crippen LogP contribution is 2.16. The van der Waals surface area contributed by atoms with Crippen molar-refractivity contribution in [2.45, 2.75) is 38.8 Å². The van der Waals surface area contributed by atoms with Gasteiger partial charge in [0.05, 0.1) is 12.5 Å². The van der Waals surface area contributed by atoms with Crippen molar-refractivity contribution < 1.29 is 9.90 Å². The summed E-state index contributed by atoms with van der Waals surface area (Å²) in [6.45, 7) is 4.06. The molecule has 0 radical (unpaired) electrons. The molecule has 0 spiro atoms. The molecule has 0 aromatic heterocycles. The Balaban J connectivity index is 1.85. The Kier molecular flexibility index (Phi) is 5.73. The van der Waals surface area contributed by atoms with Crippen LogP contribution in [0.2, 0.25) is 0 Å². The average Bonchev–Trinajstić information content (AvgIpc) is 2.50. The Bertz CT molecular complexity index is 610. The lowest BCUT2D eigenvalue weighted by atomic mass is 10.0. The third-order valence-electron chi connectivity index (χ3n) is 3.76. The van der Waals surface area contributed by atoms with Gasteiger partial charge in [0.2, 0.25) is 5.91 Å². The third kappa shape index (κ3) is 4.71. The molecular weight excluding hydrogens is 274 g/mol. The van der Waals surface area contributed by atoms with Gasteiger partial charge >= 0.3 is 0 Å². The Morgan fingerprint density at radius 1 is 1.09 bits per heavy atom. The summed E-state index contributed by atoms with van der Waals surface area (Å²) in [4.78, 5) is 12.0. The maximum Gasteiger partial charge on any atom is 0.223 e. The van der Waals surface area contributed by atoms with Crippen LogP contribution in [0, 0.1) is 6.92 Å². The predicted octanol–water partition coefficient (Wildman–Crippen LogP) is 3.17. The number of aliphatic hydroxyl groups is 1. The van der Waals surface area contributed by atoms with Gasteiger partial charge in [0, 0.05) is 6.04 Å². The van der Waals surface area contributed by atoms with Gasteiger partial charge in [-0.3, -0.25) is 4.79 Å². The Morgan fingerprint density at radius 3 is 2.41 bits per heavy atom. The molecule has 0 saturated carbocycles. The fourth-order valence-electron chi connectivity index (χ4n) is 2.52. The summed E-state index contributed by atoms with van der Waals surface area (Å²) in [5, 5.41) is 13.0. The van der Waals surface area contributed by atoms with Gasteiger partial charge < -0.3 is 10.4 Å². The zero-order chi connectivity index (χ0) is 15.9. The second-order valence-electron chi connectivity index (χ2n) is 5.73. The lowest BCUT2D eigenvalue weighted by Crippen LogP contribution is -2.35. The SMILES string of the molecule is Cc1ccccc1CC(C)NC(=O)CC(O)c1ccccc1. The zero-order valence-electron chi connectivity index (χ0n) is 13.1. The minimum atomic E-state index is -0.758. The van der Waals surface area contributed by atoms with Crippen LogP contribution in [-0.2, 0) is 11.2 Å². The Hall–Kier alpha value is -2.13. The van der Waals surface area contributed by atoms with E-state index in [1.165, 1.54) is 11.1 Å². The second-order valence-corrected chi connectivity index (χ2v) is 5.73. The fraction of sp³-hybridized carbons (Fsp3) is 0.316. The molecule has 0 fully saturated rings. The fourth-order valence-corrected chi connectivity index (χ4v) is 2.52. The summed E-state index contributed by atoms with van der Waals surface area (Å²) >= 11 is 0. The number of nitrogens with one attached hydrogen (secondary N) is 1. The highest BCUT2D eigenvalue weighted by molar-refractivity contribution is 5.77. The van der Waals surface area contributed by atoms with Crippen LogP contribution in [0.3, 0.4) is 0 Å². The van der Waals surface area contributed by atoms with Crippen LogP contribution in [0.15, 0.2) is 54.6 Å². The number of benzene rings is 2. The average molecular weight is 297 g/mol. The largest absolute Gasteiger partial charge is 0.388 e. The van der Waals surface area contributed by atoms with Crippen LogP contribution in [0.4, 0.5) is 0 Å². The first-order valence-corrected chi connectivity index (χ1v) is 7.63. The van der Waals surface area contributed by atoms with E-state index < -0.39 is 6.10 Å². The van der Waals surface area contributed by atoms with Crippen molar-refractivity contribution in [3.8, 4) is 0 Å². The molecule has 2 unspecified atom stereocenters. The topological polar surface area (TPSA) is 49.3 Å². The van der Waals surface area contributed by atoms with Crippen molar-refractivity contribution in [3.05, 3.63) is 71.3 Å². The molecule has 0 aliphatic carbocycles. The number of carbonyl (C=O) groups is 1. The summed E-state index contributed by atoms with van der Waals surface area (Å²) < 4.78 is 0. The molecule has 2 aromatic rings. The molecule has 0 aliphatic rings. The molecule has 3 nitrogen and oxygen atoms in total. The smallest absolute Gasteiger partial charge is 0.223 e. The van der Waals surface area contributed by atoms with E-state index in [0.29, 0.717) is 0 Å². The van der Waals surface area contributed by atoms with E-state index in [4.69, 9.17) is 0 Å². The van der Waals surface area contributed by atoms with E-state index in [9.17, 15) is 9.90 Å². The summed E-state index contributed by atoms with van der Waals surface area (Å²) in [5.74, 6) is -0.127. The van der Waals surface area contributed by atoms with Crippen LogP contribution in [0.1, 0.15) is 36.1 Å². The van der Waals surface area contributed by atoms with Crippen LogP contribution in [0.5, 0.6) is 0 Å². The first-order chi connectivity index (χ1) is 10.6. The van der Waals surface area contributed by atoms with Crippen molar-refractivity contribution >= 4 is 5.91 Å². The number of amides is 1. The molecule has 116 valence electrons. The standard InChI is InChI=1S/C19H23NO2/c1-14-8-6-7-11-17(14)12-15(2)20-19(22)13-18(21)16-9-4-3-5-10-16/h3-11,15,18,21H,12-13H2,1-2H3,(H,20,22). The molecule has 2 atom stereocenters. The van der Waals surface area contributed by atoms with Crippen molar-refractivity contribution in [1.29, 1.82) is 0 Å². The molecule has 0 aliphatic heterocycles. The number of hydrogen-bond acceptors (Lipinski definition) is 2. The molecule has 1 amide bonds. The molecule has 2 N–H and O–H groups in total. The van der Waals surface area contributed by atoms with Gasteiger partial charge in [-0.05, 0) is 37.0 Å². The van der Waals surface area contributed by atoms with Gasteiger partial charge in [-0.1, -0.05) is 54.6 Å². The number of carbonyl (C=O) groups excluding carboxylic acids is 1. The van der Waals surface area contributed by atoms with Gasteiger partial charge in [0.25, 0.3) is 0 Å². The molecule has 3 heteroatoms. The van der Waals surface area contributed by atoms with Gasteiger partial charge in [0.15, 0.2) is 0 Å². The zero-order valence-corrected chi connectivity index (χ0v) is 13.1. The maximum absolute atomic E-state index is 12.0. The lowest BCUT2D eigenvalue weighted by molar-refractivity contribution is -0.123. The van der Waals surface area contributed by atoms with Crippen molar-refractivity contribution in [2.24, 2.45) is 0 Å². The molecule has 22 heavy (non-hydrogen) atoms. The van der Waals surface area contributed by atoms with Crippen molar-refractivity contribution in [3.63, 3.8) is 0 Å². The van der Waals surface area contributed by atoms with Crippen LogP contribution in [0.25, 0.3) is 0 Å². The molecule has 2 aromatic carbocycles. The monoisotopic (exact) mass is 297 g/mol. The van der Waals surface area contributed by atoms with Gasteiger partial charge in [-0.25, -0.2) is 0 Å².